The SMILES string of the molecule is N#CCn1c(CN2CCOC(c3ccc(F)cc3)C2)nc2ccccc2c1=O. The lowest BCUT2D eigenvalue weighted by Gasteiger charge is -2.33. The van der Waals surface area contributed by atoms with Crippen molar-refractivity contribution in [1.29, 1.82) is 5.26 Å². The minimum atomic E-state index is -0.280. The summed E-state index contributed by atoms with van der Waals surface area (Å²) < 4.78 is 20.5. The standard InChI is InChI=1S/C21H19FN4O2/c22-16-7-5-15(6-8-16)19-13-25(11-12-28-19)14-20-24-18-4-2-1-3-17(18)21(27)26(20)10-9-23/h1-8,19H,10-14H2. The van der Waals surface area contributed by atoms with Gasteiger partial charge in [-0.1, -0.05) is 24.3 Å². The van der Waals surface area contributed by atoms with Crippen LogP contribution in [0.1, 0.15) is 17.5 Å². The summed E-state index contributed by atoms with van der Waals surface area (Å²) in [5.41, 5.74) is 1.33. The average Bonchev–Trinajstić information content (AvgIpc) is 2.72. The summed E-state index contributed by atoms with van der Waals surface area (Å²) in [6, 6.07) is 15.5. The molecule has 1 saturated heterocycles. The molecule has 2 heterocycles. The van der Waals surface area contributed by atoms with Gasteiger partial charge in [0.05, 0.1) is 36.2 Å². The van der Waals surface area contributed by atoms with Crippen LogP contribution in [0.4, 0.5) is 4.39 Å². The van der Waals surface area contributed by atoms with E-state index >= 15 is 0 Å². The zero-order valence-corrected chi connectivity index (χ0v) is 15.2. The summed E-state index contributed by atoms with van der Waals surface area (Å²) in [5, 5.41) is 9.67. The zero-order chi connectivity index (χ0) is 19.5. The van der Waals surface area contributed by atoms with Gasteiger partial charge in [0.25, 0.3) is 5.56 Å². The van der Waals surface area contributed by atoms with Crippen molar-refractivity contribution in [2.45, 2.75) is 19.2 Å². The minimum Gasteiger partial charge on any atom is -0.371 e. The Labute approximate surface area is 161 Å². The lowest BCUT2D eigenvalue weighted by atomic mass is 10.1. The van der Waals surface area contributed by atoms with Crippen LogP contribution in [0.5, 0.6) is 0 Å². The molecule has 0 spiro atoms. The van der Waals surface area contributed by atoms with E-state index in [1.165, 1.54) is 16.7 Å². The first-order valence-electron chi connectivity index (χ1n) is 9.10. The highest BCUT2D eigenvalue weighted by molar-refractivity contribution is 5.77. The number of nitrogens with zero attached hydrogens (tertiary/aromatic N) is 4. The zero-order valence-electron chi connectivity index (χ0n) is 15.2. The molecule has 2 aromatic carbocycles. The quantitative estimate of drug-likeness (QED) is 0.698. The molecule has 4 rings (SSSR count). The molecule has 3 aromatic rings. The second-order valence-electron chi connectivity index (χ2n) is 6.74. The third-order valence-electron chi connectivity index (χ3n) is 4.93. The molecule has 1 aliphatic rings. The first kappa shape index (κ1) is 18.3. The number of halogens is 1. The highest BCUT2D eigenvalue weighted by atomic mass is 19.1. The molecular weight excluding hydrogens is 359 g/mol. The molecular formula is C21H19FN4O2. The molecule has 1 aliphatic heterocycles. The van der Waals surface area contributed by atoms with Crippen LogP contribution in [0.2, 0.25) is 0 Å². The smallest absolute Gasteiger partial charge is 0.262 e. The molecule has 0 N–H and O–H groups in total. The number of rotatable bonds is 4. The van der Waals surface area contributed by atoms with Crippen molar-refractivity contribution in [3.8, 4) is 6.07 Å². The Hall–Kier alpha value is -3.08. The van der Waals surface area contributed by atoms with Crippen molar-refractivity contribution in [3.63, 3.8) is 0 Å². The number of para-hydroxylation sites is 1. The van der Waals surface area contributed by atoms with Crippen molar-refractivity contribution in [3.05, 3.63) is 76.1 Å². The summed E-state index contributed by atoms with van der Waals surface area (Å²) in [4.78, 5) is 19.6. The van der Waals surface area contributed by atoms with E-state index in [4.69, 9.17) is 10.00 Å². The van der Waals surface area contributed by atoms with E-state index in [0.29, 0.717) is 43.0 Å². The molecule has 142 valence electrons. The number of benzene rings is 2. The third kappa shape index (κ3) is 3.65. The molecule has 1 fully saturated rings. The minimum absolute atomic E-state index is 0.0439. The van der Waals surface area contributed by atoms with Crippen molar-refractivity contribution >= 4 is 10.9 Å². The fourth-order valence-corrected chi connectivity index (χ4v) is 3.49. The average molecular weight is 378 g/mol. The van der Waals surface area contributed by atoms with E-state index in [-0.39, 0.29) is 24.0 Å². The molecule has 28 heavy (non-hydrogen) atoms. The lowest BCUT2D eigenvalue weighted by molar-refractivity contribution is -0.0340. The van der Waals surface area contributed by atoms with Gasteiger partial charge in [-0.15, -0.1) is 0 Å². The van der Waals surface area contributed by atoms with E-state index in [2.05, 4.69) is 16.0 Å². The Morgan fingerprint density at radius 3 is 2.79 bits per heavy atom. The number of aromatic nitrogens is 2. The van der Waals surface area contributed by atoms with E-state index in [9.17, 15) is 9.18 Å². The van der Waals surface area contributed by atoms with Crippen molar-refractivity contribution in [2.24, 2.45) is 0 Å². The Morgan fingerprint density at radius 1 is 1.21 bits per heavy atom. The van der Waals surface area contributed by atoms with Crippen LogP contribution < -0.4 is 5.56 Å². The molecule has 0 amide bonds. The van der Waals surface area contributed by atoms with Crippen LogP contribution in [0.15, 0.2) is 53.3 Å². The van der Waals surface area contributed by atoms with Gasteiger partial charge in [-0.2, -0.15) is 5.26 Å². The van der Waals surface area contributed by atoms with Crippen molar-refractivity contribution < 1.29 is 9.13 Å². The number of ether oxygens (including phenoxy) is 1. The van der Waals surface area contributed by atoms with Gasteiger partial charge >= 0.3 is 0 Å². The van der Waals surface area contributed by atoms with Crippen LogP contribution in [-0.2, 0) is 17.8 Å². The fourth-order valence-electron chi connectivity index (χ4n) is 3.49. The van der Waals surface area contributed by atoms with Crippen molar-refractivity contribution in [2.75, 3.05) is 19.7 Å². The largest absolute Gasteiger partial charge is 0.371 e. The van der Waals surface area contributed by atoms with Crippen LogP contribution in [0.3, 0.4) is 0 Å². The summed E-state index contributed by atoms with van der Waals surface area (Å²) in [6.45, 7) is 2.20. The molecule has 1 aromatic heterocycles. The summed E-state index contributed by atoms with van der Waals surface area (Å²) in [6.07, 6.45) is -0.175. The molecule has 7 heteroatoms. The Kier molecular flexibility index (Phi) is 5.15. The van der Waals surface area contributed by atoms with Gasteiger partial charge in [0.1, 0.15) is 18.2 Å². The summed E-state index contributed by atoms with van der Waals surface area (Å²) in [7, 11) is 0. The first-order chi connectivity index (χ1) is 13.7. The lowest BCUT2D eigenvalue weighted by Crippen LogP contribution is -2.39. The number of fused-ring (bicyclic) bond motifs is 1. The van der Waals surface area contributed by atoms with Crippen LogP contribution >= 0.6 is 0 Å². The second-order valence-corrected chi connectivity index (χ2v) is 6.74. The molecule has 0 bridgehead atoms. The highest BCUT2D eigenvalue weighted by Crippen LogP contribution is 2.23. The molecule has 6 nitrogen and oxygen atoms in total. The van der Waals surface area contributed by atoms with Gasteiger partial charge < -0.3 is 4.74 Å². The fraction of sp³-hybridized carbons (Fsp3) is 0.286. The molecule has 1 atom stereocenters. The second kappa shape index (κ2) is 7.89. The first-order valence-corrected chi connectivity index (χ1v) is 9.10. The Balaban J connectivity index is 1.62. The topological polar surface area (TPSA) is 71.2 Å². The van der Waals surface area contributed by atoms with Gasteiger partial charge in [0.15, 0.2) is 0 Å². The molecule has 0 saturated carbocycles. The summed E-state index contributed by atoms with van der Waals surface area (Å²) >= 11 is 0. The van der Waals surface area contributed by atoms with Gasteiger partial charge in [0.2, 0.25) is 0 Å². The van der Waals surface area contributed by atoms with Gasteiger partial charge in [0, 0.05) is 13.1 Å². The van der Waals surface area contributed by atoms with Crippen LogP contribution in [0.25, 0.3) is 10.9 Å². The predicted molar refractivity (Wildman–Crippen MR) is 102 cm³/mol. The van der Waals surface area contributed by atoms with Gasteiger partial charge in [-0.25, -0.2) is 9.37 Å². The van der Waals surface area contributed by atoms with E-state index in [0.717, 1.165) is 5.56 Å². The highest BCUT2D eigenvalue weighted by Gasteiger charge is 2.24. The van der Waals surface area contributed by atoms with Crippen molar-refractivity contribution in [1.82, 2.24) is 14.5 Å². The maximum Gasteiger partial charge on any atom is 0.262 e. The molecule has 0 aliphatic carbocycles. The van der Waals surface area contributed by atoms with E-state index in [1.54, 1.807) is 30.3 Å². The van der Waals surface area contributed by atoms with E-state index in [1.807, 2.05) is 6.07 Å². The van der Waals surface area contributed by atoms with Crippen LogP contribution in [-0.4, -0.2) is 34.1 Å². The van der Waals surface area contributed by atoms with Gasteiger partial charge in [-0.05, 0) is 29.8 Å². The monoisotopic (exact) mass is 378 g/mol. The van der Waals surface area contributed by atoms with Gasteiger partial charge in [-0.3, -0.25) is 14.3 Å². The summed E-state index contributed by atoms with van der Waals surface area (Å²) in [5.74, 6) is 0.280. The maximum atomic E-state index is 13.2. The Bertz CT molecular complexity index is 1090. The molecule has 0 radical (unpaired) electrons. The number of nitriles is 1. The maximum absolute atomic E-state index is 13.2. The third-order valence-corrected chi connectivity index (χ3v) is 4.93. The number of hydrogen-bond acceptors (Lipinski definition) is 5. The van der Waals surface area contributed by atoms with Crippen LogP contribution in [0, 0.1) is 17.1 Å². The Morgan fingerprint density at radius 2 is 2.00 bits per heavy atom. The number of morpholine rings is 1. The molecule has 1 unspecified atom stereocenters. The normalized spacial score (nSPS) is 17.5. The number of hydrogen-bond donors (Lipinski definition) is 0. The predicted octanol–water partition coefficient (Wildman–Crippen LogP) is 2.63. The van der Waals surface area contributed by atoms with E-state index < -0.39 is 0 Å².